The second-order valence-corrected chi connectivity index (χ2v) is 7.24. The summed E-state index contributed by atoms with van der Waals surface area (Å²) in [6.07, 6.45) is 0. The molecular formula is C19H13Br2N3O. The molecule has 0 aliphatic rings. The number of halogens is 2. The molecule has 0 fully saturated rings. The fraction of sp³-hybridized carbons (Fsp3) is 0.0526. The van der Waals surface area contributed by atoms with E-state index in [-0.39, 0.29) is 17.1 Å². The number of nitrogen functional groups attached to an aromatic ring is 1. The second kappa shape index (κ2) is 6.87. The lowest BCUT2D eigenvalue weighted by atomic mass is 9.90. The molecule has 6 heteroatoms. The number of aromatic hydroxyl groups is 1. The summed E-state index contributed by atoms with van der Waals surface area (Å²) in [6.45, 7) is 1.84. The third kappa shape index (κ3) is 3.13. The highest BCUT2D eigenvalue weighted by Crippen LogP contribution is 2.45. The Bertz CT molecular complexity index is 1010. The van der Waals surface area contributed by atoms with Gasteiger partial charge in [0, 0.05) is 26.9 Å². The van der Waals surface area contributed by atoms with Gasteiger partial charge in [0.25, 0.3) is 0 Å². The molecule has 3 N–H and O–H groups in total. The van der Waals surface area contributed by atoms with Crippen LogP contribution in [-0.2, 0) is 0 Å². The lowest BCUT2D eigenvalue weighted by molar-refractivity contribution is 0.474. The number of hydrogen-bond donors (Lipinski definition) is 2. The lowest BCUT2D eigenvalue weighted by Gasteiger charge is -2.18. The van der Waals surface area contributed by atoms with Crippen LogP contribution in [0.25, 0.3) is 22.3 Å². The molecule has 3 aromatic rings. The van der Waals surface area contributed by atoms with E-state index in [1.165, 1.54) is 0 Å². The highest BCUT2D eigenvalue weighted by molar-refractivity contribution is 9.11. The fourth-order valence-corrected chi connectivity index (χ4v) is 4.05. The van der Waals surface area contributed by atoms with Gasteiger partial charge in [-0.1, -0.05) is 46.3 Å². The Morgan fingerprint density at radius 3 is 2.44 bits per heavy atom. The molecule has 2 aromatic carbocycles. The molecule has 0 saturated heterocycles. The quantitative estimate of drug-likeness (QED) is 0.537. The van der Waals surface area contributed by atoms with Crippen LogP contribution in [-0.4, -0.2) is 10.1 Å². The molecule has 3 rings (SSSR count). The minimum absolute atomic E-state index is 0.0434. The molecule has 0 atom stereocenters. The molecule has 0 unspecified atom stereocenters. The van der Waals surface area contributed by atoms with Crippen molar-refractivity contribution >= 4 is 37.7 Å². The average molecular weight is 459 g/mol. The molecule has 0 aliphatic heterocycles. The average Bonchev–Trinajstić information content (AvgIpc) is 2.58. The minimum atomic E-state index is 0.0434. The van der Waals surface area contributed by atoms with Crippen LogP contribution in [0.5, 0.6) is 5.75 Å². The van der Waals surface area contributed by atoms with E-state index in [9.17, 15) is 10.4 Å². The summed E-state index contributed by atoms with van der Waals surface area (Å²) in [5.41, 5.74) is 9.68. The predicted molar refractivity (Wildman–Crippen MR) is 106 cm³/mol. The molecular weight excluding hydrogens is 446 g/mol. The van der Waals surface area contributed by atoms with E-state index in [1.54, 1.807) is 12.1 Å². The normalized spacial score (nSPS) is 10.5. The molecule has 1 aromatic heterocycles. The molecule has 124 valence electrons. The zero-order chi connectivity index (χ0) is 18.1. The summed E-state index contributed by atoms with van der Waals surface area (Å²) < 4.78 is 1.29. The predicted octanol–water partition coefficient (Wildman–Crippen LogP) is 5.41. The van der Waals surface area contributed by atoms with Crippen molar-refractivity contribution in [3.8, 4) is 34.1 Å². The van der Waals surface area contributed by atoms with Crippen molar-refractivity contribution in [2.24, 2.45) is 0 Å². The monoisotopic (exact) mass is 457 g/mol. The maximum Gasteiger partial charge on any atom is 0.142 e. The van der Waals surface area contributed by atoms with Crippen LogP contribution in [0.3, 0.4) is 0 Å². The maximum atomic E-state index is 10.6. The number of aryl methyl sites for hydroxylation is 1. The first-order chi connectivity index (χ1) is 11.9. The molecule has 25 heavy (non-hydrogen) atoms. The zero-order valence-corrected chi connectivity index (χ0v) is 16.4. The number of pyridine rings is 1. The van der Waals surface area contributed by atoms with Crippen molar-refractivity contribution in [1.29, 1.82) is 5.26 Å². The molecule has 0 amide bonds. The summed E-state index contributed by atoms with van der Waals surface area (Å²) in [6, 6.07) is 15.3. The number of benzene rings is 2. The number of nitriles is 1. The van der Waals surface area contributed by atoms with Gasteiger partial charge in [0.2, 0.25) is 0 Å². The van der Waals surface area contributed by atoms with Gasteiger partial charge in [-0.15, -0.1) is 0 Å². The first-order valence-electron chi connectivity index (χ1n) is 7.38. The van der Waals surface area contributed by atoms with Crippen LogP contribution in [0.1, 0.15) is 11.3 Å². The largest absolute Gasteiger partial charge is 0.506 e. The molecule has 0 aliphatic carbocycles. The Morgan fingerprint density at radius 2 is 1.80 bits per heavy atom. The maximum absolute atomic E-state index is 10.6. The smallest absolute Gasteiger partial charge is 0.142 e. The van der Waals surface area contributed by atoms with Crippen molar-refractivity contribution < 1.29 is 5.11 Å². The van der Waals surface area contributed by atoms with E-state index in [0.717, 1.165) is 15.6 Å². The van der Waals surface area contributed by atoms with Crippen LogP contribution in [0.15, 0.2) is 51.4 Å². The van der Waals surface area contributed by atoms with Gasteiger partial charge in [0.05, 0.1) is 4.47 Å². The Hall–Kier alpha value is -2.36. The zero-order valence-electron chi connectivity index (χ0n) is 13.2. The minimum Gasteiger partial charge on any atom is -0.506 e. The topological polar surface area (TPSA) is 82.9 Å². The second-order valence-electron chi connectivity index (χ2n) is 5.47. The van der Waals surface area contributed by atoms with Gasteiger partial charge in [-0.05, 0) is 40.5 Å². The molecule has 0 spiro atoms. The number of aromatic nitrogens is 1. The van der Waals surface area contributed by atoms with Gasteiger partial charge < -0.3 is 10.8 Å². The number of nitrogens with two attached hydrogens (primary N) is 1. The summed E-state index contributed by atoms with van der Waals surface area (Å²) >= 11 is 6.79. The molecule has 0 bridgehead atoms. The highest BCUT2D eigenvalue weighted by Gasteiger charge is 2.22. The molecule has 1 heterocycles. The summed E-state index contributed by atoms with van der Waals surface area (Å²) in [5, 5.41) is 20.3. The summed E-state index contributed by atoms with van der Waals surface area (Å²) in [5.74, 6) is 0.187. The first kappa shape index (κ1) is 17.5. The van der Waals surface area contributed by atoms with Crippen LogP contribution in [0.4, 0.5) is 5.82 Å². The number of nitrogens with zero attached hydrogens (tertiary/aromatic N) is 2. The summed E-state index contributed by atoms with van der Waals surface area (Å²) in [4.78, 5) is 4.33. The van der Waals surface area contributed by atoms with Gasteiger partial charge in [0.15, 0.2) is 0 Å². The first-order valence-corrected chi connectivity index (χ1v) is 8.96. The molecule has 0 radical (unpaired) electrons. The van der Waals surface area contributed by atoms with E-state index < -0.39 is 0 Å². The van der Waals surface area contributed by atoms with E-state index in [1.807, 2.05) is 37.3 Å². The number of anilines is 1. The molecule has 0 saturated carbocycles. The SMILES string of the molecule is Cc1nc(N)c(C#N)c(-c2cc(Br)cc(Br)c2O)c1-c1ccccc1. The summed E-state index contributed by atoms with van der Waals surface area (Å²) in [7, 11) is 0. The van der Waals surface area contributed by atoms with Gasteiger partial charge in [0.1, 0.15) is 23.2 Å². The van der Waals surface area contributed by atoms with Crippen molar-refractivity contribution in [1.82, 2.24) is 4.98 Å². The van der Waals surface area contributed by atoms with Gasteiger partial charge in [-0.2, -0.15) is 5.26 Å². The Morgan fingerprint density at radius 1 is 1.12 bits per heavy atom. The third-order valence-corrected chi connectivity index (χ3v) is 4.94. The third-order valence-electron chi connectivity index (χ3n) is 3.88. The highest BCUT2D eigenvalue weighted by atomic mass is 79.9. The van der Waals surface area contributed by atoms with Gasteiger partial charge in [-0.25, -0.2) is 4.98 Å². The lowest BCUT2D eigenvalue weighted by Crippen LogP contribution is -2.03. The fourth-order valence-electron chi connectivity index (χ4n) is 2.82. The van der Waals surface area contributed by atoms with Crippen molar-refractivity contribution in [2.75, 3.05) is 5.73 Å². The van der Waals surface area contributed by atoms with Crippen LogP contribution >= 0.6 is 31.9 Å². The van der Waals surface area contributed by atoms with Crippen LogP contribution < -0.4 is 5.73 Å². The number of hydrogen-bond acceptors (Lipinski definition) is 4. The van der Waals surface area contributed by atoms with Crippen molar-refractivity contribution in [3.63, 3.8) is 0 Å². The standard InChI is InChI=1S/C19H13Br2N3O/c1-10-16(11-5-3-2-4-6-11)17(14(9-22)19(23)24-10)13-7-12(20)8-15(21)18(13)25/h2-8,25H,1H3,(H2,23,24). The van der Waals surface area contributed by atoms with E-state index in [4.69, 9.17) is 5.73 Å². The van der Waals surface area contributed by atoms with E-state index >= 15 is 0 Å². The number of rotatable bonds is 2. The van der Waals surface area contributed by atoms with Gasteiger partial charge >= 0.3 is 0 Å². The Labute approximate surface area is 162 Å². The number of phenols is 1. The van der Waals surface area contributed by atoms with Crippen molar-refractivity contribution in [2.45, 2.75) is 6.92 Å². The van der Waals surface area contributed by atoms with Gasteiger partial charge in [-0.3, -0.25) is 0 Å². The Balaban J connectivity index is 2.50. The van der Waals surface area contributed by atoms with Crippen LogP contribution in [0.2, 0.25) is 0 Å². The van der Waals surface area contributed by atoms with Crippen LogP contribution in [0, 0.1) is 18.3 Å². The number of phenolic OH excluding ortho intramolecular Hbond substituents is 1. The Kier molecular flexibility index (Phi) is 4.80. The van der Waals surface area contributed by atoms with E-state index in [0.29, 0.717) is 21.3 Å². The van der Waals surface area contributed by atoms with E-state index in [2.05, 4.69) is 42.9 Å². The van der Waals surface area contributed by atoms with Crippen molar-refractivity contribution in [3.05, 3.63) is 62.7 Å². The molecule has 4 nitrogen and oxygen atoms in total.